The Bertz CT molecular complexity index is 1710. The molecule has 0 spiro atoms. The zero-order valence-corrected chi connectivity index (χ0v) is 23.6. The number of carbonyl (C=O) groups excluding carboxylic acids is 2. The van der Waals surface area contributed by atoms with Gasteiger partial charge in [-0.25, -0.2) is 4.68 Å². The van der Waals surface area contributed by atoms with Crippen LogP contribution in [0.1, 0.15) is 31.9 Å². The fourth-order valence-corrected chi connectivity index (χ4v) is 4.74. The van der Waals surface area contributed by atoms with Gasteiger partial charge in [-0.05, 0) is 86.5 Å². The van der Waals surface area contributed by atoms with Crippen LogP contribution >= 0.6 is 11.6 Å². The van der Waals surface area contributed by atoms with Gasteiger partial charge in [0.05, 0.1) is 11.4 Å². The molecule has 204 valence electrons. The topological polar surface area (TPSA) is 88.2 Å². The third-order valence-corrected chi connectivity index (χ3v) is 7.05. The van der Waals surface area contributed by atoms with Crippen molar-refractivity contribution in [2.75, 3.05) is 0 Å². The summed E-state index contributed by atoms with van der Waals surface area (Å²) in [5, 5.41) is 15.2. The summed E-state index contributed by atoms with van der Waals surface area (Å²) in [7, 11) is 0. The standard InChI is InChI=1S/C33H27ClN4O3/c1-21(2)38-32(39)29(22(3)30(18-35)33(38)40)17-25-19-37(27-7-5-4-6-8-27)36-31(25)24-11-15-28(16-12-24)41-20-23-9-13-26(34)14-10-23/h4-17,19,21H,20H2,1-3H3/b29-17+. The van der Waals surface area contributed by atoms with Crippen molar-refractivity contribution in [1.82, 2.24) is 14.7 Å². The Morgan fingerprint density at radius 1 is 0.976 bits per heavy atom. The van der Waals surface area contributed by atoms with Crippen molar-refractivity contribution in [1.29, 1.82) is 5.26 Å². The fraction of sp³-hybridized carbons (Fsp3) is 0.152. The summed E-state index contributed by atoms with van der Waals surface area (Å²) in [5.74, 6) is -0.320. The predicted octanol–water partition coefficient (Wildman–Crippen LogP) is 6.77. The average molecular weight is 563 g/mol. The fourth-order valence-electron chi connectivity index (χ4n) is 4.61. The van der Waals surface area contributed by atoms with E-state index in [4.69, 9.17) is 21.4 Å². The van der Waals surface area contributed by atoms with Crippen molar-refractivity contribution < 1.29 is 14.3 Å². The van der Waals surface area contributed by atoms with Crippen LogP contribution in [0.4, 0.5) is 0 Å². The smallest absolute Gasteiger partial charge is 0.271 e. The van der Waals surface area contributed by atoms with Gasteiger partial charge >= 0.3 is 0 Å². The molecule has 0 bridgehead atoms. The molecule has 1 aliphatic heterocycles. The van der Waals surface area contributed by atoms with Crippen molar-refractivity contribution in [2.24, 2.45) is 0 Å². The molecule has 8 heteroatoms. The highest BCUT2D eigenvalue weighted by Gasteiger charge is 2.37. The first-order chi connectivity index (χ1) is 19.8. The highest BCUT2D eigenvalue weighted by atomic mass is 35.5. The normalized spacial score (nSPS) is 14.6. The minimum atomic E-state index is -0.573. The second-order valence-corrected chi connectivity index (χ2v) is 10.3. The monoisotopic (exact) mass is 562 g/mol. The minimum Gasteiger partial charge on any atom is -0.489 e. The first kappa shape index (κ1) is 27.6. The molecule has 2 heterocycles. The summed E-state index contributed by atoms with van der Waals surface area (Å²) < 4.78 is 7.69. The molecule has 0 unspecified atom stereocenters. The van der Waals surface area contributed by atoms with E-state index in [0.717, 1.165) is 21.7 Å². The summed E-state index contributed by atoms with van der Waals surface area (Å²) >= 11 is 5.97. The number of amides is 2. The molecule has 3 aromatic carbocycles. The zero-order valence-electron chi connectivity index (χ0n) is 22.8. The molecule has 1 aromatic heterocycles. The lowest BCUT2D eigenvalue weighted by Gasteiger charge is -2.30. The van der Waals surface area contributed by atoms with Gasteiger partial charge in [-0.3, -0.25) is 14.5 Å². The van der Waals surface area contributed by atoms with Crippen molar-refractivity contribution in [3.8, 4) is 28.8 Å². The largest absolute Gasteiger partial charge is 0.489 e. The summed E-state index contributed by atoms with van der Waals surface area (Å²) in [5.41, 5.74) is 4.56. The second kappa shape index (κ2) is 11.7. The van der Waals surface area contributed by atoms with Crippen LogP contribution in [-0.4, -0.2) is 32.5 Å². The number of nitriles is 1. The lowest BCUT2D eigenvalue weighted by molar-refractivity contribution is -0.142. The van der Waals surface area contributed by atoms with E-state index in [1.54, 1.807) is 31.5 Å². The molecule has 0 radical (unpaired) electrons. The lowest BCUT2D eigenvalue weighted by atomic mass is 9.92. The molecule has 0 aliphatic carbocycles. The van der Waals surface area contributed by atoms with E-state index in [1.807, 2.05) is 91.1 Å². The first-order valence-corrected chi connectivity index (χ1v) is 13.5. The van der Waals surface area contributed by atoms with Gasteiger partial charge in [0.1, 0.15) is 24.0 Å². The Morgan fingerprint density at radius 3 is 2.29 bits per heavy atom. The summed E-state index contributed by atoms with van der Waals surface area (Å²) in [6.07, 6.45) is 3.55. The van der Waals surface area contributed by atoms with Crippen LogP contribution in [0.25, 0.3) is 23.0 Å². The van der Waals surface area contributed by atoms with Gasteiger partial charge in [-0.2, -0.15) is 10.4 Å². The number of hydrogen-bond acceptors (Lipinski definition) is 5. The number of imide groups is 1. The number of ether oxygens (including phenoxy) is 1. The number of rotatable bonds is 7. The number of benzene rings is 3. The minimum absolute atomic E-state index is 0.0382. The maximum absolute atomic E-state index is 13.5. The van der Waals surface area contributed by atoms with Crippen molar-refractivity contribution in [3.63, 3.8) is 0 Å². The van der Waals surface area contributed by atoms with Gasteiger partial charge in [0, 0.05) is 34.0 Å². The van der Waals surface area contributed by atoms with E-state index < -0.39 is 17.9 Å². The van der Waals surface area contributed by atoms with Crippen molar-refractivity contribution in [2.45, 2.75) is 33.4 Å². The van der Waals surface area contributed by atoms with E-state index in [1.165, 1.54) is 0 Å². The molecule has 0 saturated carbocycles. The van der Waals surface area contributed by atoms with Gasteiger partial charge in [0.2, 0.25) is 0 Å². The molecule has 7 nitrogen and oxygen atoms in total. The van der Waals surface area contributed by atoms with Gasteiger partial charge in [-0.1, -0.05) is 41.9 Å². The maximum atomic E-state index is 13.5. The van der Waals surface area contributed by atoms with E-state index in [9.17, 15) is 14.9 Å². The highest BCUT2D eigenvalue weighted by molar-refractivity contribution is 6.30. The van der Waals surface area contributed by atoms with E-state index in [0.29, 0.717) is 34.2 Å². The lowest BCUT2D eigenvalue weighted by Crippen LogP contribution is -2.46. The Morgan fingerprint density at radius 2 is 1.66 bits per heavy atom. The molecule has 0 fully saturated rings. The molecule has 5 rings (SSSR count). The summed E-state index contributed by atoms with van der Waals surface area (Å²) in [4.78, 5) is 27.5. The van der Waals surface area contributed by atoms with Crippen LogP contribution in [0.3, 0.4) is 0 Å². The second-order valence-electron chi connectivity index (χ2n) is 9.90. The molecule has 4 aromatic rings. The van der Waals surface area contributed by atoms with Crippen LogP contribution in [-0.2, 0) is 16.2 Å². The third kappa shape index (κ3) is 5.69. The van der Waals surface area contributed by atoms with Crippen LogP contribution in [0.2, 0.25) is 5.02 Å². The Kier molecular flexibility index (Phi) is 7.86. The first-order valence-electron chi connectivity index (χ1n) is 13.1. The molecule has 0 saturated heterocycles. The quantitative estimate of drug-likeness (QED) is 0.183. The molecule has 1 aliphatic rings. The van der Waals surface area contributed by atoms with E-state index in [2.05, 4.69) is 0 Å². The summed E-state index contributed by atoms with van der Waals surface area (Å²) in [6, 6.07) is 26.3. The highest BCUT2D eigenvalue weighted by Crippen LogP contribution is 2.32. The Balaban J connectivity index is 1.54. The van der Waals surface area contributed by atoms with Gasteiger partial charge < -0.3 is 4.74 Å². The van der Waals surface area contributed by atoms with Crippen LogP contribution in [0, 0.1) is 11.3 Å². The SMILES string of the molecule is CC1=C(C#N)C(=O)N(C(C)C)C(=O)/C1=C/c1cn(-c2ccccc2)nc1-c1ccc(OCc2ccc(Cl)cc2)cc1. The molecule has 2 amide bonds. The van der Waals surface area contributed by atoms with Crippen molar-refractivity contribution in [3.05, 3.63) is 118 Å². The Labute approximate surface area is 243 Å². The average Bonchev–Trinajstić information content (AvgIpc) is 3.40. The van der Waals surface area contributed by atoms with Gasteiger partial charge in [-0.15, -0.1) is 0 Å². The number of carbonyl (C=O) groups is 2. The van der Waals surface area contributed by atoms with Crippen LogP contribution in [0.5, 0.6) is 5.75 Å². The third-order valence-electron chi connectivity index (χ3n) is 6.80. The van der Waals surface area contributed by atoms with Crippen LogP contribution < -0.4 is 4.74 Å². The number of hydrogen-bond donors (Lipinski definition) is 0. The predicted molar refractivity (Wildman–Crippen MR) is 158 cm³/mol. The molecule has 41 heavy (non-hydrogen) atoms. The number of halogens is 1. The zero-order chi connectivity index (χ0) is 29.1. The molecule has 0 N–H and O–H groups in total. The maximum Gasteiger partial charge on any atom is 0.271 e. The number of nitrogens with zero attached hydrogens (tertiary/aromatic N) is 4. The Hall–Kier alpha value is -4.93. The van der Waals surface area contributed by atoms with Crippen LogP contribution in [0.15, 0.2) is 102 Å². The van der Waals surface area contributed by atoms with Gasteiger partial charge in [0.15, 0.2) is 0 Å². The van der Waals surface area contributed by atoms with E-state index in [-0.39, 0.29) is 11.1 Å². The number of aromatic nitrogens is 2. The van der Waals surface area contributed by atoms with Gasteiger partial charge in [0.25, 0.3) is 11.8 Å². The van der Waals surface area contributed by atoms with E-state index >= 15 is 0 Å². The molecular weight excluding hydrogens is 536 g/mol. The molecular formula is C33H27ClN4O3. The van der Waals surface area contributed by atoms with Crippen molar-refractivity contribution >= 4 is 29.5 Å². The summed E-state index contributed by atoms with van der Waals surface area (Å²) in [6.45, 7) is 5.53. The molecule has 0 atom stereocenters. The number of para-hydroxylation sites is 1.